The molecule has 3 heterocycles. The van der Waals surface area contributed by atoms with Gasteiger partial charge in [0.25, 0.3) is 0 Å². The van der Waals surface area contributed by atoms with Crippen LogP contribution in [0.1, 0.15) is 0 Å². The molecule has 0 amide bonds. The normalized spacial score (nSPS) is 11.5. The van der Waals surface area contributed by atoms with Crippen LogP contribution < -0.4 is 0 Å². The van der Waals surface area contributed by atoms with Crippen LogP contribution in [0, 0.1) is 5.82 Å². The van der Waals surface area contributed by atoms with Crippen LogP contribution in [0.4, 0.5) is 4.39 Å². The minimum atomic E-state index is -0.356. The fourth-order valence-corrected chi connectivity index (χ4v) is 4.05. The van der Waals surface area contributed by atoms with E-state index in [-0.39, 0.29) is 5.82 Å². The Labute approximate surface area is 171 Å². The molecule has 3 aromatic carbocycles. The number of aromatic amines is 1. The van der Waals surface area contributed by atoms with E-state index < -0.39 is 0 Å². The summed E-state index contributed by atoms with van der Waals surface area (Å²) < 4.78 is 14.9. The lowest BCUT2D eigenvalue weighted by molar-refractivity contribution is 0.626. The van der Waals surface area contributed by atoms with E-state index in [4.69, 9.17) is 4.98 Å². The lowest BCUT2D eigenvalue weighted by Gasteiger charge is -2.08. The van der Waals surface area contributed by atoms with E-state index in [1.54, 1.807) is 6.07 Å². The average molecular weight is 389 g/mol. The molecule has 6 aromatic rings. The van der Waals surface area contributed by atoms with Crippen LogP contribution in [0.2, 0.25) is 0 Å². The summed E-state index contributed by atoms with van der Waals surface area (Å²) in [6, 6.07) is 29.0. The van der Waals surface area contributed by atoms with E-state index in [0.717, 1.165) is 44.0 Å². The van der Waals surface area contributed by atoms with Crippen LogP contribution in [0.15, 0.2) is 91.0 Å². The largest absolute Gasteiger partial charge is 0.354 e. The van der Waals surface area contributed by atoms with Crippen molar-refractivity contribution in [2.75, 3.05) is 0 Å². The fraction of sp³-hybridized carbons (Fsp3) is 0. The van der Waals surface area contributed by atoms with Gasteiger partial charge in [0.15, 0.2) is 0 Å². The van der Waals surface area contributed by atoms with E-state index in [1.807, 2.05) is 72.8 Å². The van der Waals surface area contributed by atoms with Crippen LogP contribution in [-0.4, -0.2) is 15.0 Å². The zero-order chi connectivity index (χ0) is 20.1. The third-order valence-corrected chi connectivity index (χ3v) is 5.50. The van der Waals surface area contributed by atoms with Gasteiger partial charge in [0.1, 0.15) is 11.5 Å². The molecule has 0 atom stereocenters. The number of pyridine rings is 2. The second-order valence-corrected chi connectivity index (χ2v) is 7.31. The van der Waals surface area contributed by atoms with Crippen LogP contribution in [0.5, 0.6) is 0 Å². The first kappa shape index (κ1) is 16.9. The average Bonchev–Trinajstić information content (AvgIpc) is 3.18. The van der Waals surface area contributed by atoms with Crippen molar-refractivity contribution in [3.8, 4) is 22.6 Å². The molecule has 0 aliphatic rings. The smallest absolute Gasteiger partial charge is 0.149 e. The molecule has 0 unspecified atom stereocenters. The molecule has 0 fully saturated rings. The van der Waals surface area contributed by atoms with Gasteiger partial charge in [0.2, 0.25) is 0 Å². The number of benzene rings is 3. The summed E-state index contributed by atoms with van der Waals surface area (Å²) in [7, 11) is 0. The second-order valence-electron chi connectivity index (χ2n) is 7.31. The van der Waals surface area contributed by atoms with Crippen LogP contribution in [0.3, 0.4) is 0 Å². The molecule has 142 valence electrons. The molecule has 3 nitrogen and oxygen atoms in total. The van der Waals surface area contributed by atoms with E-state index >= 15 is 0 Å². The highest BCUT2D eigenvalue weighted by Gasteiger charge is 2.15. The quantitative estimate of drug-likeness (QED) is 0.356. The van der Waals surface area contributed by atoms with Gasteiger partial charge in [-0.2, -0.15) is 0 Å². The van der Waals surface area contributed by atoms with Crippen molar-refractivity contribution in [2.45, 2.75) is 0 Å². The summed E-state index contributed by atoms with van der Waals surface area (Å²) in [5.41, 5.74) is 5.22. The Morgan fingerprint density at radius 2 is 1.40 bits per heavy atom. The summed E-state index contributed by atoms with van der Waals surface area (Å²) >= 11 is 0. The van der Waals surface area contributed by atoms with Gasteiger partial charge < -0.3 is 4.98 Å². The van der Waals surface area contributed by atoms with Gasteiger partial charge in [-0.1, -0.05) is 60.7 Å². The number of rotatable bonds is 2. The lowest BCUT2D eigenvalue weighted by atomic mass is 10.0. The third kappa shape index (κ3) is 2.58. The number of hydrogen-bond acceptors (Lipinski definition) is 2. The van der Waals surface area contributed by atoms with E-state index in [2.05, 4.69) is 16.0 Å². The highest BCUT2D eigenvalue weighted by atomic mass is 19.1. The van der Waals surface area contributed by atoms with E-state index in [9.17, 15) is 4.39 Å². The molecule has 4 heteroatoms. The van der Waals surface area contributed by atoms with Gasteiger partial charge in [-0.05, 0) is 30.3 Å². The number of nitrogens with zero attached hydrogens (tertiary/aromatic N) is 2. The number of H-pyrrole nitrogens is 1. The zero-order valence-corrected chi connectivity index (χ0v) is 15.9. The Kier molecular flexibility index (Phi) is 3.65. The molecule has 0 bridgehead atoms. The summed E-state index contributed by atoms with van der Waals surface area (Å²) in [6.45, 7) is 0. The van der Waals surface area contributed by atoms with Crippen molar-refractivity contribution in [3.05, 3.63) is 96.8 Å². The molecule has 0 spiro atoms. The summed E-state index contributed by atoms with van der Waals surface area (Å²) in [4.78, 5) is 12.8. The predicted molar refractivity (Wildman–Crippen MR) is 120 cm³/mol. The van der Waals surface area contributed by atoms with Gasteiger partial charge in [-0.15, -0.1) is 0 Å². The standard InChI is InChI=1S/C26H16FN3/c27-20-13-15-24(23-14-12-16-6-1-3-10-21(16)28-23)30-26(20)19-9-5-8-18-17-7-2-4-11-22(17)29-25(18)19/h1-15,29H. The topological polar surface area (TPSA) is 41.6 Å². The summed E-state index contributed by atoms with van der Waals surface area (Å²) in [5.74, 6) is -0.356. The Morgan fingerprint density at radius 3 is 2.37 bits per heavy atom. The zero-order valence-electron chi connectivity index (χ0n) is 15.9. The highest BCUT2D eigenvalue weighted by molar-refractivity contribution is 6.11. The van der Waals surface area contributed by atoms with Gasteiger partial charge in [0, 0.05) is 27.2 Å². The molecule has 30 heavy (non-hydrogen) atoms. The van der Waals surface area contributed by atoms with Crippen molar-refractivity contribution in [3.63, 3.8) is 0 Å². The number of halogens is 1. The van der Waals surface area contributed by atoms with Crippen molar-refractivity contribution in [2.24, 2.45) is 0 Å². The molecular formula is C26H16FN3. The third-order valence-electron chi connectivity index (χ3n) is 5.50. The molecule has 3 aromatic heterocycles. The molecule has 0 saturated carbocycles. The van der Waals surface area contributed by atoms with Crippen molar-refractivity contribution in [1.29, 1.82) is 0 Å². The first-order valence-electron chi connectivity index (χ1n) is 9.80. The van der Waals surface area contributed by atoms with Gasteiger partial charge >= 0.3 is 0 Å². The number of para-hydroxylation sites is 3. The van der Waals surface area contributed by atoms with Crippen molar-refractivity contribution < 1.29 is 4.39 Å². The minimum absolute atomic E-state index is 0.319. The van der Waals surface area contributed by atoms with Crippen LogP contribution in [0.25, 0.3) is 55.4 Å². The maximum absolute atomic E-state index is 14.9. The van der Waals surface area contributed by atoms with Crippen molar-refractivity contribution in [1.82, 2.24) is 15.0 Å². The summed E-state index contributed by atoms with van der Waals surface area (Å²) in [5, 5.41) is 3.23. The Bertz CT molecular complexity index is 1570. The molecule has 0 aliphatic heterocycles. The molecular weight excluding hydrogens is 373 g/mol. The SMILES string of the molecule is Fc1ccc(-c2ccc3ccccc3n2)nc1-c1cccc2c1[nH]c1ccccc12. The van der Waals surface area contributed by atoms with Gasteiger partial charge in [-0.25, -0.2) is 14.4 Å². The van der Waals surface area contributed by atoms with Gasteiger partial charge in [-0.3, -0.25) is 0 Å². The highest BCUT2D eigenvalue weighted by Crippen LogP contribution is 2.34. The lowest BCUT2D eigenvalue weighted by Crippen LogP contribution is -1.95. The first-order chi connectivity index (χ1) is 14.8. The van der Waals surface area contributed by atoms with Crippen LogP contribution in [-0.2, 0) is 0 Å². The number of hydrogen-bond donors (Lipinski definition) is 1. The van der Waals surface area contributed by atoms with Crippen molar-refractivity contribution >= 4 is 32.7 Å². The van der Waals surface area contributed by atoms with E-state index in [1.165, 1.54) is 6.07 Å². The number of nitrogens with one attached hydrogen (secondary N) is 1. The molecule has 0 aliphatic carbocycles. The minimum Gasteiger partial charge on any atom is -0.354 e. The second kappa shape index (κ2) is 6.49. The Balaban J connectivity index is 1.57. The Morgan fingerprint density at radius 1 is 0.633 bits per heavy atom. The molecule has 6 rings (SSSR count). The first-order valence-corrected chi connectivity index (χ1v) is 9.80. The van der Waals surface area contributed by atoms with E-state index in [0.29, 0.717) is 11.4 Å². The maximum Gasteiger partial charge on any atom is 0.149 e. The molecule has 0 radical (unpaired) electrons. The fourth-order valence-electron chi connectivity index (χ4n) is 4.05. The number of aromatic nitrogens is 3. The monoisotopic (exact) mass is 389 g/mol. The predicted octanol–water partition coefficient (Wildman–Crippen LogP) is 6.74. The molecule has 1 N–H and O–H groups in total. The van der Waals surface area contributed by atoms with Gasteiger partial charge in [0.05, 0.1) is 22.4 Å². The maximum atomic E-state index is 14.9. The Hall–Kier alpha value is -4.05. The van der Waals surface area contributed by atoms with Crippen LogP contribution >= 0.6 is 0 Å². The molecule has 0 saturated heterocycles. The number of fused-ring (bicyclic) bond motifs is 4. The summed E-state index contributed by atoms with van der Waals surface area (Å²) in [6.07, 6.45) is 0.